The number of rotatable bonds is 6. The number of hydrogen-bond donors (Lipinski definition) is 1. The van der Waals surface area contributed by atoms with Gasteiger partial charge in [0.2, 0.25) is 0 Å². The lowest BCUT2D eigenvalue weighted by atomic mass is 9.69. The predicted molar refractivity (Wildman–Crippen MR) is 92.3 cm³/mol. The van der Waals surface area contributed by atoms with E-state index in [-0.39, 0.29) is 11.2 Å². The van der Waals surface area contributed by atoms with Crippen LogP contribution in [0.15, 0.2) is 0 Å². The van der Waals surface area contributed by atoms with Crippen molar-refractivity contribution in [1.29, 1.82) is 0 Å². The molecule has 1 N–H and O–H groups in total. The van der Waals surface area contributed by atoms with Gasteiger partial charge in [-0.15, -0.1) is 0 Å². The van der Waals surface area contributed by atoms with E-state index in [1.54, 1.807) is 0 Å². The van der Waals surface area contributed by atoms with Gasteiger partial charge in [-0.1, -0.05) is 13.3 Å². The van der Waals surface area contributed by atoms with Crippen LogP contribution >= 0.6 is 0 Å². The Morgan fingerprint density at radius 1 is 1.00 bits per heavy atom. The van der Waals surface area contributed by atoms with E-state index in [4.69, 9.17) is 9.47 Å². The molecular formula is C19H37NO2. The Morgan fingerprint density at radius 3 is 2.36 bits per heavy atom. The monoisotopic (exact) mass is 311 g/mol. The Bertz CT molecular complexity index is 349. The standard InChI is InChI=1S/C19H37NO2/c1-6-8-19(10-13-22-18(4,5)15-19)9-11-20-16-7-12-21-17(2,3)14-16/h16,20H,6-15H2,1-5H3/t16-,19+/m1/s1. The average molecular weight is 312 g/mol. The quantitative estimate of drug-likeness (QED) is 0.793. The van der Waals surface area contributed by atoms with Crippen molar-refractivity contribution in [2.75, 3.05) is 19.8 Å². The van der Waals surface area contributed by atoms with Crippen LogP contribution in [0, 0.1) is 5.41 Å². The van der Waals surface area contributed by atoms with Gasteiger partial charge in [-0.25, -0.2) is 0 Å². The van der Waals surface area contributed by atoms with E-state index in [0.717, 1.165) is 32.6 Å². The number of ether oxygens (including phenoxy) is 2. The average Bonchev–Trinajstić information content (AvgIpc) is 2.36. The molecule has 22 heavy (non-hydrogen) atoms. The van der Waals surface area contributed by atoms with Gasteiger partial charge >= 0.3 is 0 Å². The molecule has 0 aromatic rings. The molecule has 0 aromatic heterocycles. The molecule has 3 nitrogen and oxygen atoms in total. The van der Waals surface area contributed by atoms with Crippen molar-refractivity contribution in [3.05, 3.63) is 0 Å². The predicted octanol–water partition coefficient (Wildman–Crippen LogP) is 4.30. The maximum Gasteiger partial charge on any atom is 0.0641 e. The third kappa shape index (κ3) is 5.21. The lowest BCUT2D eigenvalue weighted by molar-refractivity contribution is -0.110. The fourth-order valence-corrected chi connectivity index (χ4v) is 4.62. The molecule has 0 saturated carbocycles. The van der Waals surface area contributed by atoms with Crippen LogP contribution in [0.1, 0.15) is 79.6 Å². The van der Waals surface area contributed by atoms with E-state index in [9.17, 15) is 0 Å². The first-order chi connectivity index (χ1) is 10.3. The minimum absolute atomic E-state index is 0.0394. The molecular weight excluding hydrogens is 274 g/mol. The summed E-state index contributed by atoms with van der Waals surface area (Å²) < 4.78 is 11.8. The van der Waals surface area contributed by atoms with Crippen LogP contribution in [-0.2, 0) is 9.47 Å². The second-order valence-electron chi connectivity index (χ2n) is 8.79. The molecule has 2 aliphatic heterocycles. The van der Waals surface area contributed by atoms with Crippen molar-refractivity contribution in [3.63, 3.8) is 0 Å². The molecule has 0 bridgehead atoms. The Labute approximate surface area is 137 Å². The van der Waals surface area contributed by atoms with Crippen LogP contribution in [-0.4, -0.2) is 37.0 Å². The van der Waals surface area contributed by atoms with Crippen LogP contribution < -0.4 is 5.32 Å². The zero-order valence-corrected chi connectivity index (χ0v) is 15.5. The summed E-state index contributed by atoms with van der Waals surface area (Å²) in [6.45, 7) is 14.2. The van der Waals surface area contributed by atoms with Crippen molar-refractivity contribution in [2.24, 2.45) is 5.41 Å². The maximum atomic E-state index is 5.95. The first-order valence-corrected chi connectivity index (χ1v) is 9.27. The van der Waals surface area contributed by atoms with E-state index in [0.29, 0.717) is 11.5 Å². The van der Waals surface area contributed by atoms with Gasteiger partial charge in [0.15, 0.2) is 0 Å². The summed E-state index contributed by atoms with van der Waals surface area (Å²) in [4.78, 5) is 0. The molecule has 2 heterocycles. The van der Waals surface area contributed by atoms with Crippen molar-refractivity contribution < 1.29 is 9.47 Å². The Hall–Kier alpha value is -0.120. The lowest BCUT2D eigenvalue weighted by Crippen LogP contribution is -2.46. The van der Waals surface area contributed by atoms with Crippen LogP contribution in [0.4, 0.5) is 0 Å². The minimum atomic E-state index is 0.0394. The van der Waals surface area contributed by atoms with E-state index in [1.807, 2.05) is 0 Å². The van der Waals surface area contributed by atoms with Crippen LogP contribution in [0.2, 0.25) is 0 Å². The molecule has 2 saturated heterocycles. The zero-order valence-electron chi connectivity index (χ0n) is 15.5. The molecule has 2 aliphatic rings. The molecule has 0 unspecified atom stereocenters. The summed E-state index contributed by atoms with van der Waals surface area (Å²) in [5.74, 6) is 0. The van der Waals surface area contributed by atoms with Crippen molar-refractivity contribution >= 4 is 0 Å². The summed E-state index contributed by atoms with van der Waals surface area (Å²) in [5, 5.41) is 3.81. The third-order valence-electron chi connectivity index (χ3n) is 5.49. The van der Waals surface area contributed by atoms with E-state index in [1.165, 1.54) is 32.1 Å². The Morgan fingerprint density at radius 2 is 1.73 bits per heavy atom. The fraction of sp³-hybridized carbons (Fsp3) is 1.00. The molecule has 2 fully saturated rings. The third-order valence-corrected chi connectivity index (χ3v) is 5.49. The summed E-state index contributed by atoms with van der Waals surface area (Å²) in [7, 11) is 0. The Kier molecular flexibility index (Phi) is 5.95. The summed E-state index contributed by atoms with van der Waals surface area (Å²) in [6.07, 6.45) is 8.60. The highest BCUT2D eigenvalue weighted by atomic mass is 16.5. The Balaban J connectivity index is 1.84. The largest absolute Gasteiger partial charge is 0.376 e. The molecule has 0 amide bonds. The number of hydrogen-bond acceptors (Lipinski definition) is 3. The molecule has 2 rings (SSSR count). The van der Waals surface area contributed by atoms with Gasteiger partial charge in [0.25, 0.3) is 0 Å². The molecule has 0 radical (unpaired) electrons. The molecule has 0 aliphatic carbocycles. The highest BCUT2D eigenvalue weighted by Gasteiger charge is 2.40. The van der Waals surface area contributed by atoms with Crippen molar-refractivity contribution in [1.82, 2.24) is 5.32 Å². The smallest absolute Gasteiger partial charge is 0.0641 e. The van der Waals surface area contributed by atoms with Gasteiger partial charge in [-0.2, -0.15) is 0 Å². The van der Waals surface area contributed by atoms with E-state index < -0.39 is 0 Å². The summed E-state index contributed by atoms with van der Waals surface area (Å²) in [6, 6.07) is 0.621. The second kappa shape index (κ2) is 7.19. The molecule has 0 aromatic carbocycles. The first kappa shape index (κ1) is 18.2. The number of nitrogens with one attached hydrogen (secondary N) is 1. The van der Waals surface area contributed by atoms with Crippen molar-refractivity contribution in [3.8, 4) is 0 Å². The molecule has 3 heteroatoms. The van der Waals surface area contributed by atoms with Gasteiger partial charge in [0.05, 0.1) is 11.2 Å². The van der Waals surface area contributed by atoms with Crippen molar-refractivity contribution in [2.45, 2.75) is 96.8 Å². The van der Waals surface area contributed by atoms with Gasteiger partial charge in [0, 0.05) is 19.3 Å². The van der Waals surface area contributed by atoms with Crippen LogP contribution in [0.5, 0.6) is 0 Å². The van der Waals surface area contributed by atoms with Crippen LogP contribution in [0.25, 0.3) is 0 Å². The van der Waals surface area contributed by atoms with Gasteiger partial charge < -0.3 is 14.8 Å². The topological polar surface area (TPSA) is 30.5 Å². The highest BCUT2D eigenvalue weighted by Crippen LogP contribution is 2.44. The summed E-state index contributed by atoms with van der Waals surface area (Å²) in [5.41, 5.74) is 0.565. The van der Waals surface area contributed by atoms with Gasteiger partial charge in [0.1, 0.15) is 0 Å². The molecule has 130 valence electrons. The highest BCUT2D eigenvalue weighted by molar-refractivity contribution is 4.91. The van der Waals surface area contributed by atoms with E-state index in [2.05, 4.69) is 39.9 Å². The SMILES string of the molecule is CCC[C@]1(CCN[C@@H]2CCOC(C)(C)C2)CCOC(C)(C)C1. The maximum absolute atomic E-state index is 5.95. The second-order valence-corrected chi connectivity index (χ2v) is 8.79. The molecule has 2 atom stereocenters. The lowest BCUT2D eigenvalue weighted by Gasteiger charge is -2.45. The van der Waals surface area contributed by atoms with Gasteiger partial charge in [-0.05, 0) is 78.2 Å². The zero-order chi connectivity index (χ0) is 16.3. The minimum Gasteiger partial charge on any atom is -0.376 e. The van der Waals surface area contributed by atoms with E-state index >= 15 is 0 Å². The van der Waals surface area contributed by atoms with Crippen LogP contribution in [0.3, 0.4) is 0 Å². The fourth-order valence-electron chi connectivity index (χ4n) is 4.62. The first-order valence-electron chi connectivity index (χ1n) is 9.27. The normalized spacial score (nSPS) is 34.5. The summed E-state index contributed by atoms with van der Waals surface area (Å²) >= 11 is 0. The van der Waals surface area contributed by atoms with Gasteiger partial charge in [-0.3, -0.25) is 0 Å². The molecule has 0 spiro atoms.